The van der Waals surface area contributed by atoms with Gasteiger partial charge in [-0.25, -0.2) is 27.2 Å². The van der Waals surface area contributed by atoms with E-state index in [1.807, 2.05) is 4.90 Å². The second-order valence-electron chi connectivity index (χ2n) is 9.97. The van der Waals surface area contributed by atoms with E-state index >= 15 is 0 Å². The zero-order valence-electron chi connectivity index (χ0n) is 20.8. The van der Waals surface area contributed by atoms with E-state index in [1.165, 1.54) is 29.5 Å². The average molecular weight is 613 g/mol. The van der Waals surface area contributed by atoms with Crippen LogP contribution in [0.3, 0.4) is 0 Å². The molecule has 6 rings (SSSR count). The number of benzene rings is 1. The fraction of sp³-hybridized carbons (Fsp3) is 0.400. The summed E-state index contributed by atoms with van der Waals surface area (Å²) in [5, 5.41) is 16.0. The van der Waals surface area contributed by atoms with Crippen molar-refractivity contribution in [1.82, 2.24) is 24.4 Å². The van der Waals surface area contributed by atoms with Crippen molar-refractivity contribution in [3.8, 4) is 0 Å². The van der Waals surface area contributed by atoms with Gasteiger partial charge >= 0.3 is 6.55 Å². The molecule has 2 fully saturated rings. The lowest BCUT2D eigenvalue weighted by atomic mass is 9.92. The number of aliphatic hydroxyl groups is 1. The van der Waals surface area contributed by atoms with E-state index in [-0.39, 0.29) is 36.7 Å². The molecule has 4 heterocycles. The van der Waals surface area contributed by atoms with Crippen LogP contribution >= 0.6 is 22.9 Å². The summed E-state index contributed by atoms with van der Waals surface area (Å²) >= 11 is 7.81. The topological polar surface area (TPSA) is 113 Å². The average Bonchev–Trinajstić information content (AvgIpc) is 3.28. The van der Waals surface area contributed by atoms with Gasteiger partial charge in [0.1, 0.15) is 11.9 Å². The first-order chi connectivity index (χ1) is 19.1. The van der Waals surface area contributed by atoms with Crippen LogP contribution in [0.25, 0.3) is 5.57 Å². The van der Waals surface area contributed by atoms with E-state index in [1.54, 1.807) is 11.6 Å². The molecule has 1 aromatic carbocycles. The number of amidine groups is 1. The van der Waals surface area contributed by atoms with Crippen LogP contribution in [0.5, 0.6) is 0 Å². The van der Waals surface area contributed by atoms with Gasteiger partial charge in [0, 0.05) is 65.2 Å². The molecule has 2 aliphatic heterocycles. The second kappa shape index (κ2) is 10.2. The number of nitrogens with one attached hydrogen (secondary N) is 1. The quantitative estimate of drug-likeness (QED) is 0.372. The minimum atomic E-state index is -3.77. The highest BCUT2D eigenvalue weighted by atomic mass is 35.5. The summed E-state index contributed by atoms with van der Waals surface area (Å²) in [5.74, 6) is -0.0793. The predicted molar refractivity (Wildman–Crippen MR) is 144 cm³/mol. The summed E-state index contributed by atoms with van der Waals surface area (Å²) in [5.41, 5.74) is 1.75. The number of halogens is 4. The van der Waals surface area contributed by atoms with Crippen LogP contribution < -0.4 is 4.72 Å². The highest BCUT2D eigenvalue weighted by Crippen LogP contribution is 2.48. The molecular formula is C25H24ClF3N6O3S2. The van der Waals surface area contributed by atoms with Crippen LogP contribution in [0.1, 0.15) is 54.5 Å². The molecule has 1 saturated heterocycles. The van der Waals surface area contributed by atoms with Crippen molar-refractivity contribution in [1.29, 1.82) is 0 Å². The lowest BCUT2D eigenvalue weighted by Crippen LogP contribution is -2.44. The molecule has 0 amide bonds. The normalized spacial score (nSPS) is 22.1. The molecule has 2 aromatic heterocycles. The van der Waals surface area contributed by atoms with Crippen LogP contribution in [0, 0.1) is 5.82 Å². The Morgan fingerprint density at radius 2 is 2.08 bits per heavy atom. The molecule has 2 N–H and O–H groups in total. The zero-order chi connectivity index (χ0) is 28.2. The maximum Gasteiger partial charge on any atom is 0.333 e. The summed E-state index contributed by atoms with van der Waals surface area (Å²) in [6.45, 7) is -2.89. The molecule has 212 valence electrons. The van der Waals surface area contributed by atoms with Gasteiger partial charge in [-0.15, -0.1) is 11.3 Å². The molecule has 0 spiro atoms. The van der Waals surface area contributed by atoms with E-state index in [9.17, 15) is 26.7 Å². The highest BCUT2D eigenvalue weighted by Gasteiger charge is 2.55. The first-order valence-corrected chi connectivity index (χ1v) is 15.3. The molecule has 1 saturated carbocycles. The highest BCUT2D eigenvalue weighted by molar-refractivity contribution is 7.91. The van der Waals surface area contributed by atoms with E-state index in [2.05, 4.69) is 14.8 Å². The number of fused-ring (bicyclic) bond motifs is 1. The van der Waals surface area contributed by atoms with E-state index < -0.39 is 39.2 Å². The van der Waals surface area contributed by atoms with Crippen LogP contribution in [0.4, 0.5) is 13.2 Å². The van der Waals surface area contributed by atoms with E-state index in [0.717, 1.165) is 12.3 Å². The minimum absolute atomic E-state index is 0.0991. The van der Waals surface area contributed by atoms with Crippen molar-refractivity contribution in [2.45, 2.75) is 49.1 Å². The SMILES string of the molecule is O=S(=O)(N[C@H]1CC2=C(c3ccn(C(F)F)n3)[C@H](c3ccc(F)cc3Cl)N=C(c3nccs3)N2C1)C1(CCO)CC1. The lowest BCUT2D eigenvalue weighted by Gasteiger charge is -2.32. The Morgan fingerprint density at radius 1 is 1.27 bits per heavy atom. The molecule has 1 aliphatic carbocycles. The summed E-state index contributed by atoms with van der Waals surface area (Å²) in [4.78, 5) is 11.2. The number of rotatable bonds is 9. The molecular weight excluding hydrogens is 589 g/mol. The van der Waals surface area contributed by atoms with Crippen molar-refractivity contribution in [2.75, 3.05) is 13.2 Å². The number of aliphatic imine (C=N–C) groups is 1. The fourth-order valence-corrected chi connectivity index (χ4v) is 8.13. The number of sulfonamides is 1. The predicted octanol–water partition coefficient (Wildman–Crippen LogP) is 4.35. The van der Waals surface area contributed by atoms with Crippen molar-refractivity contribution < 1.29 is 26.7 Å². The standard InChI is InChI=1S/C25H24ClF3N6O3S2/c26-17-11-14(27)1-2-16(17)21-20(18-3-8-35(32-18)24(28)29)19-12-15(33-40(37,38)25(4-5-25)6-9-36)13-34(19)22(31-21)23-30-7-10-39-23/h1-3,7-8,10-11,15,21,24,33,36H,4-6,9,12-13H2/t15-,21-/m0/s1. The Balaban J connectivity index is 1.48. The molecule has 0 bridgehead atoms. The van der Waals surface area contributed by atoms with Crippen molar-refractivity contribution in [2.24, 2.45) is 4.99 Å². The third-order valence-corrected chi connectivity index (χ3v) is 11.0. The number of hydrogen-bond acceptors (Lipinski definition) is 8. The van der Waals surface area contributed by atoms with E-state index in [0.29, 0.717) is 45.2 Å². The van der Waals surface area contributed by atoms with Crippen molar-refractivity contribution in [3.05, 3.63) is 74.8 Å². The Labute approximate surface area is 237 Å². The largest absolute Gasteiger partial charge is 0.396 e. The van der Waals surface area contributed by atoms with Crippen LogP contribution in [0.15, 0.2) is 52.7 Å². The maximum atomic E-state index is 14.0. The number of thiazole rings is 1. The van der Waals surface area contributed by atoms with Gasteiger partial charge in [-0.1, -0.05) is 17.7 Å². The molecule has 2 atom stereocenters. The van der Waals surface area contributed by atoms with Gasteiger partial charge in [-0.2, -0.15) is 13.9 Å². The smallest absolute Gasteiger partial charge is 0.333 e. The summed E-state index contributed by atoms with van der Waals surface area (Å²) < 4.78 is 70.0. The molecule has 3 aliphatic rings. The molecule has 0 unspecified atom stereocenters. The van der Waals surface area contributed by atoms with Crippen LogP contribution in [-0.2, 0) is 10.0 Å². The van der Waals surface area contributed by atoms with Crippen molar-refractivity contribution in [3.63, 3.8) is 0 Å². The Bertz CT molecular complexity index is 1610. The summed E-state index contributed by atoms with van der Waals surface area (Å²) in [6.07, 6.45) is 4.07. The maximum absolute atomic E-state index is 14.0. The summed E-state index contributed by atoms with van der Waals surface area (Å²) in [7, 11) is -3.77. The second-order valence-corrected chi connectivity index (χ2v) is 13.4. The third kappa shape index (κ3) is 4.75. The van der Waals surface area contributed by atoms with Gasteiger partial charge < -0.3 is 10.0 Å². The molecule has 9 nitrogen and oxygen atoms in total. The lowest BCUT2D eigenvalue weighted by molar-refractivity contribution is 0.0564. The summed E-state index contributed by atoms with van der Waals surface area (Å²) in [6, 6.07) is 3.91. The number of nitrogens with zero attached hydrogens (tertiary/aromatic N) is 5. The number of aliphatic hydroxyl groups excluding tert-OH is 1. The first kappa shape index (κ1) is 27.4. The Morgan fingerprint density at radius 3 is 2.70 bits per heavy atom. The Kier molecular flexibility index (Phi) is 7.02. The van der Waals surface area contributed by atoms with Gasteiger partial charge in [0.15, 0.2) is 10.8 Å². The molecule has 0 radical (unpaired) electrons. The fourth-order valence-electron chi connectivity index (χ4n) is 5.37. The number of alkyl halides is 2. The van der Waals surface area contributed by atoms with E-state index in [4.69, 9.17) is 16.6 Å². The minimum Gasteiger partial charge on any atom is -0.396 e. The van der Waals surface area contributed by atoms with Gasteiger partial charge in [0.2, 0.25) is 10.0 Å². The molecule has 40 heavy (non-hydrogen) atoms. The van der Waals surface area contributed by atoms with Gasteiger partial charge in [0.25, 0.3) is 0 Å². The monoisotopic (exact) mass is 612 g/mol. The van der Waals surface area contributed by atoms with Crippen molar-refractivity contribution >= 4 is 44.4 Å². The Hall–Kier alpha value is -2.78. The van der Waals surface area contributed by atoms with Gasteiger partial charge in [-0.05, 0) is 37.5 Å². The molecule has 3 aromatic rings. The first-order valence-electron chi connectivity index (χ1n) is 12.5. The van der Waals surface area contributed by atoms with Crippen LogP contribution in [-0.4, -0.2) is 63.0 Å². The van der Waals surface area contributed by atoms with Gasteiger partial charge in [-0.3, -0.25) is 4.99 Å². The zero-order valence-corrected chi connectivity index (χ0v) is 23.2. The van der Waals surface area contributed by atoms with Crippen LogP contribution in [0.2, 0.25) is 5.02 Å². The number of aromatic nitrogens is 3. The van der Waals surface area contributed by atoms with Gasteiger partial charge in [0.05, 0.1) is 10.4 Å². The number of hydrogen-bond donors (Lipinski definition) is 2. The molecule has 15 heteroatoms. The third-order valence-electron chi connectivity index (χ3n) is 7.49.